The largest absolute Gasteiger partial charge is 0.468 e. The third-order valence-electron chi connectivity index (χ3n) is 2.43. The normalized spacial score (nSPS) is 10.8. The lowest BCUT2D eigenvalue weighted by Gasteiger charge is -2.14. The molecular weight excluding hydrogens is 216 g/mol. The van der Waals surface area contributed by atoms with Gasteiger partial charge in [0.1, 0.15) is 11.6 Å². The zero-order valence-electron chi connectivity index (χ0n) is 9.76. The van der Waals surface area contributed by atoms with Crippen LogP contribution in [-0.4, -0.2) is 16.9 Å². The van der Waals surface area contributed by atoms with Crippen molar-refractivity contribution in [3.05, 3.63) is 48.0 Å². The van der Waals surface area contributed by atoms with Crippen molar-refractivity contribution in [1.29, 1.82) is 0 Å². The molecule has 0 atom stereocenters. The lowest BCUT2D eigenvalue weighted by atomic mass is 10.2. The summed E-state index contributed by atoms with van der Waals surface area (Å²) in [5.41, 5.74) is 3.64. The van der Waals surface area contributed by atoms with E-state index in [9.17, 15) is 0 Å². The topological polar surface area (TPSA) is 67.3 Å². The van der Waals surface area contributed by atoms with E-state index in [-0.39, 0.29) is 0 Å². The molecule has 0 aliphatic heterocycles. The van der Waals surface area contributed by atoms with Crippen LogP contribution in [0, 0.1) is 0 Å². The molecule has 90 valence electrons. The van der Waals surface area contributed by atoms with Gasteiger partial charge in [-0.15, -0.1) is 0 Å². The number of hydrazine groups is 1. The van der Waals surface area contributed by atoms with E-state index in [0.29, 0.717) is 5.82 Å². The number of hydrogen-bond acceptors (Lipinski definition) is 5. The van der Waals surface area contributed by atoms with Gasteiger partial charge in [0.15, 0.2) is 0 Å². The SMILES string of the molecule is CN(Cc1ccc(NN)nc1)Cc1ccco1. The van der Waals surface area contributed by atoms with Crippen molar-refractivity contribution in [2.45, 2.75) is 13.1 Å². The van der Waals surface area contributed by atoms with Crippen LogP contribution in [0.3, 0.4) is 0 Å². The van der Waals surface area contributed by atoms with Gasteiger partial charge in [-0.3, -0.25) is 4.90 Å². The fourth-order valence-electron chi connectivity index (χ4n) is 1.64. The van der Waals surface area contributed by atoms with Crippen LogP contribution in [0.1, 0.15) is 11.3 Å². The van der Waals surface area contributed by atoms with E-state index in [1.54, 1.807) is 6.26 Å². The Kier molecular flexibility index (Phi) is 3.74. The molecular formula is C12H16N4O. The Morgan fingerprint density at radius 2 is 2.24 bits per heavy atom. The molecule has 0 radical (unpaired) electrons. The standard InChI is InChI=1S/C12H16N4O/c1-16(9-11-3-2-6-17-11)8-10-4-5-12(15-13)14-7-10/h2-7H,8-9,13H2,1H3,(H,14,15). The predicted octanol–water partition coefficient (Wildman–Crippen LogP) is 1.59. The number of pyridine rings is 1. The Bertz CT molecular complexity index is 438. The molecule has 0 aliphatic carbocycles. The quantitative estimate of drug-likeness (QED) is 0.605. The molecule has 0 spiro atoms. The number of nitrogens with one attached hydrogen (secondary N) is 1. The van der Waals surface area contributed by atoms with Crippen LogP contribution in [-0.2, 0) is 13.1 Å². The van der Waals surface area contributed by atoms with Gasteiger partial charge in [0.2, 0.25) is 0 Å². The van der Waals surface area contributed by atoms with Crippen LogP contribution in [0.2, 0.25) is 0 Å². The third kappa shape index (κ3) is 3.30. The highest BCUT2D eigenvalue weighted by molar-refractivity contribution is 5.33. The number of furan rings is 1. The summed E-state index contributed by atoms with van der Waals surface area (Å²) in [4.78, 5) is 6.32. The number of aromatic nitrogens is 1. The van der Waals surface area contributed by atoms with Gasteiger partial charge in [0.05, 0.1) is 12.8 Å². The first kappa shape index (κ1) is 11.6. The minimum absolute atomic E-state index is 0.669. The van der Waals surface area contributed by atoms with Crippen molar-refractivity contribution in [3.63, 3.8) is 0 Å². The molecule has 2 aromatic heterocycles. The van der Waals surface area contributed by atoms with Crippen molar-refractivity contribution in [3.8, 4) is 0 Å². The average molecular weight is 232 g/mol. The third-order valence-corrected chi connectivity index (χ3v) is 2.43. The van der Waals surface area contributed by atoms with Crippen LogP contribution in [0.15, 0.2) is 41.1 Å². The van der Waals surface area contributed by atoms with Gasteiger partial charge in [0.25, 0.3) is 0 Å². The molecule has 0 bridgehead atoms. The van der Waals surface area contributed by atoms with Gasteiger partial charge in [-0.25, -0.2) is 10.8 Å². The van der Waals surface area contributed by atoms with E-state index in [1.807, 2.05) is 37.5 Å². The van der Waals surface area contributed by atoms with Gasteiger partial charge in [-0.05, 0) is 30.8 Å². The molecule has 2 rings (SSSR count). The van der Waals surface area contributed by atoms with Gasteiger partial charge in [0, 0.05) is 12.7 Å². The van der Waals surface area contributed by atoms with E-state index in [2.05, 4.69) is 15.3 Å². The molecule has 0 aromatic carbocycles. The van der Waals surface area contributed by atoms with Crippen molar-refractivity contribution < 1.29 is 4.42 Å². The summed E-state index contributed by atoms with van der Waals surface area (Å²) in [6, 6.07) is 7.72. The van der Waals surface area contributed by atoms with E-state index >= 15 is 0 Å². The number of nitrogen functional groups attached to an aromatic ring is 1. The Hall–Kier alpha value is -1.85. The molecule has 5 heteroatoms. The lowest BCUT2D eigenvalue weighted by Crippen LogP contribution is -2.17. The van der Waals surface area contributed by atoms with Crippen molar-refractivity contribution in [2.75, 3.05) is 12.5 Å². The monoisotopic (exact) mass is 232 g/mol. The summed E-state index contributed by atoms with van der Waals surface area (Å²) >= 11 is 0. The molecule has 0 unspecified atom stereocenters. The number of hydrogen-bond donors (Lipinski definition) is 2. The molecule has 0 amide bonds. The molecule has 2 heterocycles. The van der Waals surface area contributed by atoms with Crippen LogP contribution < -0.4 is 11.3 Å². The molecule has 0 saturated carbocycles. The fourth-order valence-corrected chi connectivity index (χ4v) is 1.64. The average Bonchev–Trinajstić information content (AvgIpc) is 2.82. The fraction of sp³-hybridized carbons (Fsp3) is 0.250. The number of nitrogens with two attached hydrogens (primary N) is 1. The maximum absolute atomic E-state index is 5.29. The van der Waals surface area contributed by atoms with Gasteiger partial charge in [-0.2, -0.15) is 0 Å². The zero-order chi connectivity index (χ0) is 12.1. The zero-order valence-corrected chi connectivity index (χ0v) is 9.76. The van der Waals surface area contributed by atoms with E-state index in [0.717, 1.165) is 24.4 Å². The highest BCUT2D eigenvalue weighted by Gasteiger charge is 2.04. The second kappa shape index (κ2) is 5.47. The minimum Gasteiger partial charge on any atom is -0.468 e. The number of anilines is 1. The molecule has 0 fully saturated rings. The van der Waals surface area contributed by atoms with Gasteiger partial charge >= 0.3 is 0 Å². The van der Waals surface area contributed by atoms with Crippen molar-refractivity contribution in [1.82, 2.24) is 9.88 Å². The molecule has 0 saturated heterocycles. The van der Waals surface area contributed by atoms with E-state index in [1.165, 1.54) is 0 Å². The van der Waals surface area contributed by atoms with Crippen LogP contribution >= 0.6 is 0 Å². The summed E-state index contributed by atoms with van der Waals surface area (Å²) in [5.74, 6) is 6.88. The smallest absolute Gasteiger partial charge is 0.139 e. The van der Waals surface area contributed by atoms with Crippen LogP contribution in [0.25, 0.3) is 0 Å². The second-order valence-electron chi connectivity index (χ2n) is 3.95. The van der Waals surface area contributed by atoms with Crippen molar-refractivity contribution >= 4 is 5.82 Å². The molecule has 0 aliphatic rings. The molecule has 3 N–H and O–H groups in total. The minimum atomic E-state index is 0.669. The second-order valence-corrected chi connectivity index (χ2v) is 3.95. The molecule has 2 aromatic rings. The Labute approximate surface area is 100 Å². The first-order valence-electron chi connectivity index (χ1n) is 5.40. The van der Waals surface area contributed by atoms with Crippen LogP contribution in [0.4, 0.5) is 5.82 Å². The molecule has 17 heavy (non-hydrogen) atoms. The first-order chi connectivity index (χ1) is 8.28. The first-order valence-corrected chi connectivity index (χ1v) is 5.40. The Morgan fingerprint density at radius 1 is 1.35 bits per heavy atom. The number of nitrogens with zero attached hydrogens (tertiary/aromatic N) is 2. The predicted molar refractivity (Wildman–Crippen MR) is 65.9 cm³/mol. The molecule has 5 nitrogen and oxygen atoms in total. The summed E-state index contributed by atoms with van der Waals surface area (Å²) in [6.07, 6.45) is 3.50. The van der Waals surface area contributed by atoms with Crippen LogP contribution in [0.5, 0.6) is 0 Å². The summed E-state index contributed by atoms with van der Waals surface area (Å²) in [7, 11) is 2.04. The Balaban J connectivity index is 1.91. The van der Waals surface area contributed by atoms with Gasteiger partial charge in [-0.1, -0.05) is 6.07 Å². The van der Waals surface area contributed by atoms with E-state index < -0.39 is 0 Å². The van der Waals surface area contributed by atoms with E-state index in [4.69, 9.17) is 10.3 Å². The highest BCUT2D eigenvalue weighted by atomic mass is 16.3. The summed E-state index contributed by atoms with van der Waals surface area (Å²) < 4.78 is 5.29. The summed E-state index contributed by atoms with van der Waals surface area (Å²) in [6.45, 7) is 1.60. The highest BCUT2D eigenvalue weighted by Crippen LogP contribution is 2.09. The Morgan fingerprint density at radius 3 is 2.82 bits per heavy atom. The maximum Gasteiger partial charge on any atom is 0.139 e. The summed E-state index contributed by atoms with van der Waals surface area (Å²) in [5, 5.41) is 0. The van der Waals surface area contributed by atoms with Crippen molar-refractivity contribution in [2.24, 2.45) is 5.84 Å². The maximum atomic E-state index is 5.29. The van der Waals surface area contributed by atoms with Gasteiger partial charge < -0.3 is 9.84 Å². The number of rotatable bonds is 5. The lowest BCUT2D eigenvalue weighted by molar-refractivity contribution is 0.287.